The third kappa shape index (κ3) is 2.01. The first-order valence-electron chi connectivity index (χ1n) is 6.69. The number of anilines is 1. The lowest BCUT2D eigenvalue weighted by Crippen LogP contribution is -2.35. The van der Waals surface area contributed by atoms with Gasteiger partial charge in [0.2, 0.25) is 11.8 Å². The summed E-state index contributed by atoms with van der Waals surface area (Å²) in [4.78, 5) is 25.8. The third-order valence-corrected chi connectivity index (χ3v) is 4.17. The molecule has 3 rings (SSSR count). The molecule has 2 amide bonds. The summed E-state index contributed by atoms with van der Waals surface area (Å²) in [5.41, 5.74) is 6.16. The molecule has 1 aromatic heterocycles. The molecule has 2 heterocycles. The number of likely N-dealkylation sites (tertiary alicyclic amines) is 1. The number of fused-ring (bicyclic) bond motifs is 1. The minimum atomic E-state index is -0.0785. The molecule has 102 valence electrons. The Balaban J connectivity index is 1.66. The van der Waals surface area contributed by atoms with Crippen molar-refractivity contribution >= 4 is 17.5 Å². The molecule has 2 fully saturated rings. The standard InChI is InChI=1S/C13H18N4O2/c1-8-4-10-11(5-8)13(19)17(12(10)18)3-2-16-7-9(14)6-15-16/h6-8,10-11H,2-5,14H2,1H3. The molecule has 1 aromatic rings. The van der Waals surface area contributed by atoms with Gasteiger partial charge in [0.1, 0.15) is 0 Å². The van der Waals surface area contributed by atoms with E-state index in [1.807, 2.05) is 0 Å². The van der Waals surface area contributed by atoms with Crippen molar-refractivity contribution < 1.29 is 9.59 Å². The van der Waals surface area contributed by atoms with E-state index < -0.39 is 0 Å². The quantitative estimate of drug-likeness (QED) is 0.804. The van der Waals surface area contributed by atoms with Crippen LogP contribution in [0.5, 0.6) is 0 Å². The van der Waals surface area contributed by atoms with Gasteiger partial charge >= 0.3 is 0 Å². The molecule has 2 atom stereocenters. The molecule has 6 heteroatoms. The average molecular weight is 262 g/mol. The van der Waals surface area contributed by atoms with Crippen LogP contribution >= 0.6 is 0 Å². The molecule has 1 saturated heterocycles. The molecule has 1 aliphatic heterocycles. The maximum absolute atomic E-state index is 12.2. The van der Waals surface area contributed by atoms with E-state index in [0.29, 0.717) is 24.7 Å². The van der Waals surface area contributed by atoms with Gasteiger partial charge in [-0.2, -0.15) is 5.10 Å². The number of imide groups is 1. The fourth-order valence-corrected chi connectivity index (χ4v) is 3.27. The van der Waals surface area contributed by atoms with Gasteiger partial charge < -0.3 is 5.73 Å². The summed E-state index contributed by atoms with van der Waals surface area (Å²) in [7, 11) is 0. The van der Waals surface area contributed by atoms with Gasteiger partial charge in [0.05, 0.1) is 30.3 Å². The van der Waals surface area contributed by atoms with Gasteiger partial charge in [0, 0.05) is 12.7 Å². The van der Waals surface area contributed by atoms with Gasteiger partial charge in [-0.3, -0.25) is 19.2 Å². The van der Waals surface area contributed by atoms with Crippen molar-refractivity contribution in [1.29, 1.82) is 0 Å². The largest absolute Gasteiger partial charge is 0.396 e. The molecule has 2 unspecified atom stereocenters. The zero-order valence-corrected chi connectivity index (χ0v) is 11.0. The second-order valence-corrected chi connectivity index (χ2v) is 5.65. The van der Waals surface area contributed by atoms with E-state index in [1.54, 1.807) is 17.1 Å². The number of carbonyl (C=O) groups is 2. The van der Waals surface area contributed by atoms with Gasteiger partial charge in [-0.05, 0) is 18.8 Å². The Morgan fingerprint density at radius 3 is 2.42 bits per heavy atom. The van der Waals surface area contributed by atoms with E-state index >= 15 is 0 Å². The second-order valence-electron chi connectivity index (χ2n) is 5.65. The summed E-state index contributed by atoms with van der Waals surface area (Å²) in [5, 5.41) is 4.05. The number of hydrogen-bond acceptors (Lipinski definition) is 4. The Labute approximate surface area is 111 Å². The topological polar surface area (TPSA) is 81.2 Å². The number of carbonyl (C=O) groups excluding carboxylic acids is 2. The first kappa shape index (κ1) is 12.2. The zero-order chi connectivity index (χ0) is 13.6. The molecular weight excluding hydrogens is 244 g/mol. The van der Waals surface area contributed by atoms with Gasteiger partial charge in [-0.25, -0.2) is 0 Å². The Morgan fingerprint density at radius 1 is 1.26 bits per heavy atom. The van der Waals surface area contributed by atoms with Crippen LogP contribution in [-0.4, -0.2) is 33.0 Å². The summed E-state index contributed by atoms with van der Waals surface area (Å²) in [5.74, 6) is 0.324. The van der Waals surface area contributed by atoms with E-state index in [0.717, 1.165) is 12.8 Å². The fourth-order valence-electron chi connectivity index (χ4n) is 3.27. The molecule has 0 bridgehead atoms. The minimum Gasteiger partial charge on any atom is -0.396 e. The second kappa shape index (κ2) is 4.36. The summed E-state index contributed by atoms with van der Waals surface area (Å²) in [6, 6.07) is 0. The Morgan fingerprint density at radius 2 is 1.89 bits per heavy atom. The van der Waals surface area contributed by atoms with Crippen molar-refractivity contribution in [2.75, 3.05) is 12.3 Å². The molecule has 0 aromatic carbocycles. The predicted octanol–water partition coefficient (Wildman–Crippen LogP) is 0.496. The predicted molar refractivity (Wildman–Crippen MR) is 68.7 cm³/mol. The number of aromatic nitrogens is 2. The van der Waals surface area contributed by atoms with Gasteiger partial charge in [-0.1, -0.05) is 6.92 Å². The lowest BCUT2D eigenvalue weighted by Gasteiger charge is -2.16. The van der Waals surface area contributed by atoms with Crippen LogP contribution in [0, 0.1) is 17.8 Å². The highest BCUT2D eigenvalue weighted by atomic mass is 16.2. The number of amides is 2. The molecule has 1 saturated carbocycles. The van der Waals surface area contributed by atoms with Crippen molar-refractivity contribution in [3.63, 3.8) is 0 Å². The Kier molecular flexibility index (Phi) is 2.80. The lowest BCUT2D eigenvalue weighted by molar-refractivity contribution is -0.140. The first-order chi connectivity index (χ1) is 9.06. The van der Waals surface area contributed by atoms with Crippen molar-refractivity contribution in [3.05, 3.63) is 12.4 Å². The van der Waals surface area contributed by atoms with E-state index in [-0.39, 0.29) is 23.7 Å². The van der Waals surface area contributed by atoms with E-state index in [9.17, 15) is 9.59 Å². The Hall–Kier alpha value is -1.85. The average Bonchev–Trinajstić information content (AvgIpc) is 2.99. The highest BCUT2D eigenvalue weighted by molar-refractivity contribution is 6.05. The first-order valence-corrected chi connectivity index (χ1v) is 6.69. The van der Waals surface area contributed by atoms with Gasteiger partial charge in [0.15, 0.2) is 0 Å². The number of nitrogens with zero attached hydrogens (tertiary/aromatic N) is 3. The molecule has 0 radical (unpaired) electrons. The van der Waals surface area contributed by atoms with Crippen LogP contribution < -0.4 is 5.73 Å². The van der Waals surface area contributed by atoms with Crippen LogP contribution in [0.25, 0.3) is 0 Å². The monoisotopic (exact) mass is 262 g/mol. The summed E-state index contributed by atoms with van der Waals surface area (Å²) in [6.07, 6.45) is 4.96. The van der Waals surface area contributed by atoms with Crippen molar-refractivity contribution in [2.24, 2.45) is 17.8 Å². The number of nitrogen functional groups attached to an aromatic ring is 1. The van der Waals surface area contributed by atoms with Crippen LogP contribution in [0.15, 0.2) is 12.4 Å². The van der Waals surface area contributed by atoms with Crippen molar-refractivity contribution in [2.45, 2.75) is 26.3 Å². The third-order valence-electron chi connectivity index (χ3n) is 4.17. The molecule has 6 nitrogen and oxygen atoms in total. The van der Waals surface area contributed by atoms with Gasteiger partial charge in [0.25, 0.3) is 0 Å². The molecule has 2 aliphatic rings. The van der Waals surface area contributed by atoms with Crippen molar-refractivity contribution in [3.8, 4) is 0 Å². The molecule has 19 heavy (non-hydrogen) atoms. The molecule has 1 aliphatic carbocycles. The van der Waals surface area contributed by atoms with Crippen LogP contribution in [0.2, 0.25) is 0 Å². The van der Waals surface area contributed by atoms with Gasteiger partial charge in [-0.15, -0.1) is 0 Å². The van der Waals surface area contributed by atoms with Crippen LogP contribution in [-0.2, 0) is 16.1 Å². The fraction of sp³-hybridized carbons (Fsp3) is 0.615. The zero-order valence-electron chi connectivity index (χ0n) is 11.0. The molecule has 2 N–H and O–H groups in total. The lowest BCUT2D eigenvalue weighted by atomic mass is 10.00. The number of nitrogens with two attached hydrogens (primary N) is 1. The Bertz CT molecular complexity index is 500. The summed E-state index contributed by atoms with van der Waals surface area (Å²) < 4.78 is 1.66. The summed E-state index contributed by atoms with van der Waals surface area (Å²) >= 11 is 0. The highest BCUT2D eigenvalue weighted by Gasteiger charge is 2.51. The SMILES string of the molecule is CC1CC2C(=O)N(CCn3cc(N)cn3)C(=O)C2C1. The molecular formula is C13H18N4O2. The maximum Gasteiger partial charge on any atom is 0.233 e. The molecule has 0 spiro atoms. The smallest absolute Gasteiger partial charge is 0.233 e. The highest BCUT2D eigenvalue weighted by Crippen LogP contribution is 2.42. The van der Waals surface area contributed by atoms with E-state index in [1.165, 1.54) is 4.90 Å². The van der Waals surface area contributed by atoms with Crippen LogP contribution in [0.4, 0.5) is 5.69 Å². The van der Waals surface area contributed by atoms with E-state index in [4.69, 9.17) is 5.73 Å². The minimum absolute atomic E-state index is 0.000483. The van der Waals surface area contributed by atoms with Crippen LogP contribution in [0.1, 0.15) is 19.8 Å². The summed E-state index contributed by atoms with van der Waals surface area (Å²) in [6.45, 7) is 3.00. The normalized spacial score (nSPS) is 30.2. The van der Waals surface area contributed by atoms with Crippen LogP contribution in [0.3, 0.4) is 0 Å². The maximum atomic E-state index is 12.2. The number of rotatable bonds is 3. The number of hydrogen-bond donors (Lipinski definition) is 1. The van der Waals surface area contributed by atoms with Crippen molar-refractivity contribution in [1.82, 2.24) is 14.7 Å². The van der Waals surface area contributed by atoms with E-state index in [2.05, 4.69) is 12.0 Å².